The number of rotatable bonds is 5. The van der Waals surface area contributed by atoms with Gasteiger partial charge in [-0.25, -0.2) is 4.98 Å². The molecule has 1 unspecified atom stereocenters. The zero-order chi connectivity index (χ0) is 16.2. The standard InChI is InChI=1S/C16H13ClN2O2S2/c1-2-21-15(20)14(10-5-7-18-8-6-10)23-16-19-12-9-11(17)3-4-13(12)22-16/h3-9,14H,2H2,1H3. The Balaban J connectivity index is 1.91. The number of fused-ring (bicyclic) bond motifs is 1. The Bertz CT molecular complexity index is 823. The van der Waals surface area contributed by atoms with Crippen LogP contribution in [0.2, 0.25) is 5.02 Å². The summed E-state index contributed by atoms with van der Waals surface area (Å²) >= 11 is 8.92. The molecule has 0 aliphatic carbocycles. The first kappa shape index (κ1) is 16.2. The Kier molecular flexibility index (Phi) is 5.15. The number of thioether (sulfide) groups is 1. The Labute approximate surface area is 146 Å². The molecule has 0 saturated heterocycles. The first-order valence-corrected chi connectivity index (χ1v) is 9.04. The van der Waals surface area contributed by atoms with E-state index in [0.717, 1.165) is 20.1 Å². The molecule has 0 N–H and O–H groups in total. The van der Waals surface area contributed by atoms with E-state index in [0.29, 0.717) is 11.6 Å². The number of hydrogen-bond acceptors (Lipinski definition) is 6. The fraction of sp³-hybridized carbons (Fsp3) is 0.188. The van der Waals surface area contributed by atoms with E-state index in [4.69, 9.17) is 16.3 Å². The third kappa shape index (κ3) is 3.83. The van der Waals surface area contributed by atoms with E-state index in [9.17, 15) is 4.79 Å². The lowest BCUT2D eigenvalue weighted by Gasteiger charge is -2.13. The molecular weight excluding hydrogens is 352 g/mol. The minimum Gasteiger partial charge on any atom is -0.465 e. The molecule has 3 rings (SSSR count). The van der Waals surface area contributed by atoms with Crippen LogP contribution in [-0.4, -0.2) is 22.5 Å². The summed E-state index contributed by atoms with van der Waals surface area (Å²) in [4.78, 5) is 20.9. The average molecular weight is 365 g/mol. The highest BCUT2D eigenvalue weighted by Gasteiger charge is 2.25. The van der Waals surface area contributed by atoms with E-state index in [2.05, 4.69) is 9.97 Å². The molecule has 7 heteroatoms. The van der Waals surface area contributed by atoms with Crippen LogP contribution in [0.1, 0.15) is 17.7 Å². The lowest BCUT2D eigenvalue weighted by molar-refractivity contribution is -0.142. The fourth-order valence-corrected chi connectivity index (χ4v) is 4.44. The minimum absolute atomic E-state index is 0.277. The van der Waals surface area contributed by atoms with Crippen molar-refractivity contribution in [1.82, 2.24) is 9.97 Å². The molecule has 0 saturated carbocycles. The van der Waals surface area contributed by atoms with Gasteiger partial charge in [-0.05, 0) is 42.8 Å². The van der Waals surface area contributed by atoms with Crippen molar-refractivity contribution in [2.45, 2.75) is 16.5 Å². The number of esters is 1. The van der Waals surface area contributed by atoms with Crippen LogP contribution in [0, 0.1) is 0 Å². The van der Waals surface area contributed by atoms with Gasteiger partial charge >= 0.3 is 5.97 Å². The van der Waals surface area contributed by atoms with Gasteiger partial charge in [0.1, 0.15) is 5.25 Å². The quantitative estimate of drug-likeness (QED) is 0.483. The van der Waals surface area contributed by atoms with E-state index in [-0.39, 0.29) is 5.97 Å². The second kappa shape index (κ2) is 7.29. The number of thiazole rings is 1. The highest BCUT2D eigenvalue weighted by Crippen LogP contribution is 2.40. The molecule has 0 radical (unpaired) electrons. The number of aromatic nitrogens is 2. The first-order valence-electron chi connectivity index (χ1n) is 6.96. The summed E-state index contributed by atoms with van der Waals surface area (Å²) < 4.78 is 7.04. The smallest absolute Gasteiger partial charge is 0.324 e. The number of benzene rings is 1. The van der Waals surface area contributed by atoms with Crippen molar-refractivity contribution in [3.05, 3.63) is 53.3 Å². The summed E-state index contributed by atoms with van der Waals surface area (Å²) in [5.41, 5.74) is 1.68. The average Bonchev–Trinajstić information content (AvgIpc) is 2.95. The summed E-state index contributed by atoms with van der Waals surface area (Å²) in [6, 6.07) is 9.23. The van der Waals surface area contributed by atoms with Gasteiger partial charge in [0.05, 0.1) is 16.8 Å². The predicted molar refractivity (Wildman–Crippen MR) is 94.1 cm³/mol. The summed E-state index contributed by atoms with van der Waals surface area (Å²) in [7, 11) is 0. The van der Waals surface area contributed by atoms with Gasteiger partial charge in [0.25, 0.3) is 0 Å². The molecule has 118 valence electrons. The molecule has 0 bridgehead atoms. The Morgan fingerprint density at radius 1 is 1.35 bits per heavy atom. The van der Waals surface area contributed by atoms with Gasteiger partial charge < -0.3 is 4.74 Å². The van der Waals surface area contributed by atoms with Crippen LogP contribution in [0.5, 0.6) is 0 Å². The highest BCUT2D eigenvalue weighted by atomic mass is 35.5. The SMILES string of the molecule is CCOC(=O)C(Sc1nc2cc(Cl)ccc2s1)c1ccncc1. The summed E-state index contributed by atoms with van der Waals surface area (Å²) in [5.74, 6) is -0.277. The topological polar surface area (TPSA) is 52.1 Å². The Morgan fingerprint density at radius 2 is 2.13 bits per heavy atom. The summed E-state index contributed by atoms with van der Waals surface area (Å²) in [5, 5.41) is 0.185. The molecule has 1 aromatic carbocycles. The minimum atomic E-state index is -0.464. The molecule has 3 aromatic rings. The Hall–Kier alpha value is -1.63. The van der Waals surface area contributed by atoms with Crippen molar-refractivity contribution >= 4 is 50.9 Å². The van der Waals surface area contributed by atoms with Gasteiger partial charge in [0, 0.05) is 17.4 Å². The normalized spacial score (nSPS) is 12.3. The van der Waals surface area contributed by atoms with Gasteiger partial charge in [-0.2, -0.15) is 0 Å². The van der Waals surface area contributed by atoms with Gasteiger partial charge in [-0.1, -0.05) is 23.4 Å². The maximum atomic E-state index is 12.3. The van der Waals surface area contributed by atoms with Crippen LogP contribution >= 0.6 is 34.7 Å². The molecule has 0 fully saturated rings. The molecule has 4 nitrogen and oxygen atoms in total. The lowest BCUT2D eigenvalue weighted by Crippen LogP contribution is -2.13. The zero-order valence-electron chi connectivity index (χ0n) is 12.2. The van der Waals surface area contributed by atoms with Crippen molar-refractivity contribution < 1.29 is 9.53 Å². The van der Waals surface area contributed by atoms with E-state index in [1.54, 1.807) is 19.3 Å². The van der Waals surface area contributed by atoms with Crippen LogP contribution in [-0.2, 0) is 9.53 Å². The fourth-order valence-electron chi connectivity index (χ4n) is 2.04. The van der Waals surface area contributed by atoms with Crippen LogP contribution in [0.15, 0.2) is 47.1 Å². The monoisotopic (exact) mass is 364 g/mol. The van der Waals surface area contributed by atoms with Crippen LogP contribution < -0.4 is 0 Å². The zero-order valence-corrected chi connectivity index (χ0v) is 14.6. The van der Waals surface area contributed by atoms with Crippen molar-refractivity contribution in [2.24, 2.45) is 0 Å². The lowest BCUT2D eigenvalue weighted by atomic mass is 10.2. The van der Waals surface area contributed by atoms with E-state index >= 15 is 0 Å². The molecule has 1 atom stereocenters. The molecule has 2 aromatic heterocycles. The highest BCUT2D eigenvalue weighted by molar-refractivity contribution is 8.02. The second-order valence-corrected chi connectivity index (χ2v) is 7.44. The van der Waals surface area contributed by atoms with Crippen LogP contribution in [0.25, 0.3) is 10.2 Å². The predicted octanol–water partition coefficient (Wildman–Crippen LogP) is 4.74. The van der Waals surface area contributed by atoms with Crippen molar-refractivity contribution in [3.63, 3.8) is 0 Å². The van der Waals surface area contributed by atoms with Crippen molar-refractivity contribution in [3.8, 4) is 0 Å². The number of hydrogen-bond donors (Lipinski definition) is 0. The largest absolute Gasteiger partial charge is 0.465 e. The first-order chi connectivity index (χ1) is 11.2. The number of ether oxygens (including phenoxy) is 1. The number of pyridine rings is 1. The number of halogens is 1. The molecule has 0 aliphatic rings. The van der Waals surface area contributed by atoms with Crippen molar-refractivity contribution in [2.75, 3.05) is 6.61 Å². The van der Waals surface area contributed by atoms with E-state index in [1.165, 1.54) is 23.1 Å². The number of carbonyl (C=O) groups is 1. The van der Waals surface area contributed by atoms with Gasteiger partial charge in [-0.15, -0.1) is 11.3 Å². The molecule has 0 aliphatic heterocycles. The maximum Gasteiger partial charge on any atom is 0.324 e. The Morgan fingerprint density at radius 3 is 2.87 bits per heavy atom. The number of nitrogens with zero attached hydrogens (tertiary/aromatic N) is 2. The molecule has 2 heterocycles. The van der Waals surface area contributed by atoms with Crippen LogP contribution in [0.4, 0.5) is 0 Å². The molecule has 0 amide bonds. The van der Waals surface area contributed by atoms with E-state index in [1.807, 2.05) is 30.3 Å². The second-order valence-electron chi connectivity index (χ2n) is 4.62. The van der Waals surface area contributed by atoms with E-state index < -0.39 is 5.25 Å². The van der Waals surface area contributed by atoms with Crippen molar-refractivity contribution in [1.29, 1.82) is 0 Å². The summed E-state index contributed by atoms with van der Waals surface area (Å²) in [6.45, 7) is 2.14. The van der Waals surface area contributed by atoms with Gasteiger partial charge in [0.2, 0.25) is 0 Å². The third-order valence-electron chi connectivity index (χ3n) is 3.06. The van der Waals surface area contributed by atoms with Gasteiger partial charge in [-0.3, -0.25) is 9.78 Å². The molecular formula is C16H13ClN2O2S2. The molecule has 0 spiro atoms. The summed E-state index contributed by atoms with van der Waals surface area (Å²) in [6.07, 6.45) is 3.33. The molecule has 23 heavy (non-hydrogen) atoms. The van der Waals surface area contributed by atoms with Crippen LogP contribution in [0.3, 0.4) is 0 Å². The number of carbonyl (C=O) groups excluding carboxylic acids is 1. The third-order valence-corrected chi connectivity index (χ3v) is 5.66. The maximum absolute atomic E-state index is 12.3. The van der Waals surface area contributed by atoms with Gasteiger partial charge in [0.15, 0.2) is 4.34 Å².